The summed E-state index contributed by atoms with van der Waals surface area (Å²) < 4.78 is 26.9. The lowest BCUT2D eigenvalue weighted by Crippen LogP contribution is -2.43. The van der Waals surface area contributed by atoms with Crippen molar-refractivity contribution in [2.24, 2.45) is 0 Å². The molecule has 0 radical (unpaired) electrons. The van der Waals surface area contributed by atoms with E-state index < -0.39 is 57.6 Å². The molecule has 0 aromatic heterocycles. The first-order valence-electron chi connectivity index (χ1n) is 23.5. The summed E-state index contributed by atoms with van der Waals surface area (Å²) in [5.74, 6) is -2.42. The van der Waals surface area contributed by atoms with Crippen molar-refractivity contribution >= 4 is 25.7 Å². The van der Waals surface area contributed by atoms with Gasteiger partial charge in [0.15, 0.2) is 6.04 Å². The number of carbonyl (C=O) groups excluding carboxylic acids is 2. The van der Waals surface area contributed by atoms with Crippen LogP contribution in [0.2, 0.25) is 0 Å². The zero-order chi connectivity index (χ0) is 44.9. The Morgan fingerprint density at radius 3 is 1.38 bits per heavy atom. The molecular formula is C49H84NO10P. The molecule has 350 valence electrons. The Morgan fingerprint density at radius 1 is 0.525 bits per heavy atom. The number of phosphoric ester groups is 1. The van der Waals surface area contributed by atoms with Gasteiger partial charge in [0.2, 0.25) is 5.91 Å². The number of aliphatic carboxylic acids is 1. The van der Waals surface area contributed by atoms with Gasteiger partial charge in [0, 0.05) is 12.8 Å². The zero-order valence-electron chi connectivity index (χ0n) is 37.9. The summed E-state index contributed by atoms with van der Waals surface area (Å²) in [7, 11) is -4.77. The lowest BCUT2D eigenvalue weighted by Gasteiger charge is -2.18. The minimum Gasteiger partial charge on any atom is -0.480 e. The first-order valence-corrected chi connectivity index (χ1v) is 25.0. The molecule has 3 unspecified atom stereocenters. The fourth-order valence-corrected chi connectivity index (χ4v) is 6.81. The number of carboxylic acids is 1. The number of nitrogens with one attached hydrogen (secondary N) is 1. The van der Waals surface area contributed by atoms with Gasteiger partial charge in [0.05, 0.1) is 13.2 Å². The molecule has 12 heteroatoms. The van der Waals surface area contributed by atoms with Gasteiger partial charge in [-0.25, -0.2) is 9.36 Å². The van der Waals surface area contributed by atoms with Gasteiger partial charge in [0.25, 0.3) is 0 Å². The van der Waals surface area contributed by atoms with Crippen LogP contribution in [0.1, 0.15) is 187 Å². The highest BCUT2D eigenvalue weighted by molar-refractivity contribution is 7.47. The normalized spacial score (nSPS) is 14.3. The van der Waals surface area contributed by atoms with Crippen LogP contribution in [0.25, 0.3) is 0 Å². The van der Waals surface area contributed by atoms with Crippen LogP contribution in [-0.4, -0.2) is 64.9 Å². The SMILES string of the molecule is CCCCC/C=C\C/C=C\C/C=C\C/C=C\CCCCCCCC(=O)OCC(O)COP(=O)(O)OCC(NC(=O)CCCCCCC/C=C\C/C=C\CCCCCC)C(=O)O. The number of unbranched alkanes of at least 4 members (excludes halogenated alkanes) is 17. The molecular weight excluding hydrogens is 794 g/mol. The zero-order valence-corrected chi connectivity index (χ0v) is 38.8. The fraction of sp³-hybridized carbons (Fsp3) is 0.694. The molecule has 0 aliphatic heterocycles. The number of amides is 1. The summed E-state index contributed by atoms with van der Waals surface area (Å²) in [5, 5.41) is 21.9. The van der Waals surface area contributed by atoms with Crippen LogP contribution in [0.5, 0.6) is 0 Å². The average Bonchev–Trinajstić information content (AvgIpc) is 3.24. The van der Waals surface area contributed by atoms with E-state index in [1.807, 2.05) is 0 Å². The molecule has 1 amide bonds. The van der Waals surface area contributed by atoms with Gasteiger partial charge < -0.3 is 25.2 Å². The minimum absolute atomic E-state index is 0.125. The highest BCUT2D eigenvalue weighted by Gasteiger charge is 2.28. The Balaban J connectivity index is 3.94. The smallest absolute Gasteiger partial charge is 0.472 e. The number of ether oxygens (including phenoxy) is 1. The number of carboxylic acid groups (broad SMARTS) is 1. The lowest BCUT2D eigenvalue weighted by atomic mass is 10.1. The third-order valence-electron chi connectivity index (χ3n) is 9.72. The minimum atomic E-state index is -4.77. The first-order chi connectivity index (χ1) is 29.6. The monoisotopic (exact) mass is 878 g/mol. The molecule has 0 aromatic carbocycles. The van der Waals surface area contributed by atoms with E-state index in [-0.39, 0.29) is 12.8 Å². The lowest BCUT2D eigenvalue weighted by molar-refractivity contribution is -0.147. The Hall–Kier alpha value is -3.08. The molecule has 0 saturated heterocycles. The number of esters is 1. The molecule has 0 rings (SSSR count). The van der Waals surface area contributed by atoms with Crippen molar-refractivity contribution in [2.45, 2.75) is 199 Å². The van der Waals surface area contributed by atoms with Gasteiger partial charge in [-0.2, -0.15) is 0 Å². The molecule has 0 fully saturated rings. The number of hydrogen-bond donors (Lipinski definition) is 4. The molecule has 0 aromatic rings. The maximum Gasteiger partial charge on any atom is 0.472 e. The third-order valence-corrected chi connectivity index (χ3v) is 10.7. The van der Waals surface area contributed by atoms with Crippen LogP contribution < -0.4 is 5.32 Å². The van der Waals surface area contributed by atoms with Crippen molar-refractivity contribution in [1.29, 1.82) is 0 Å². The van der Waals surface area contributed by atoms with E-state index in [1.54, 1.807) is 0 Å². The molecule has 3 atom stereocenters. The molecule has 61 heavy (non-hydrogen) atoms. The quantitative estimate of drug-likeness (QED) is 0.0200. The summed E-state index contributed by atoms with van der Waals surface area (Å²) >= 11 is 0. The average molecular weight is 878 g/mol. The third kappa shape index (κ3) is 43.4. The standard InChI is InChI=1S/C49H84NO10P/c1-3-5-7-9-11-13-15-17-19-21-22-23-24-25-27-29-31-33-35-37-39-41-48(53)58-42-45(51)43-59-61(56,57)60-44-46(49(54)55)50-47(52)40-38-36-34-32-30-28-26-20-18-16-14-12-10-8-6-4-2/h11,13-14,16-17,19-20,22-23,25-27,45-46,51H,3-10,12,15,18,21,24,28-44H2,1-2H3,(H,50,52)(H,54,55)(H,56,57)/b13-11-,16-14-,19-17-,23-22-,26-20-,27-25-. The highest BCUT2D eigenvalue weighted by atomic mass is 31.2. The number of aliphatic hydroxyl groups is 1. The van der Waals surface area contributed by atoms with E-state index in [2.05, 4.69) is 92.1 Å². The summed E-state index contributed by atoms with van der Waals surface area (Å²) in [4.78, 5) is 46.0. The van der Waals surface area contributed by atoms with Gasteiger partial charge in [-0.15, -0.1) is 0 Å². The van der Waals surface area contributed by atoms with Crippen LogP contribution in [0.15, 0.2) is 72.9 Å². The number of allylic oxidation sites excluding steroid dienone is 12. The number of carbonyl (C=O) groups is 3. The van der Waals surface area contributed by atoms with Gasteiger partial charge in [-0.05, 0) is 89.9 Å². The first kappa shape index (κ1) is 57.9. The van der Waals surface area contributed by atoms with Crippen molar-refractivity contribution in [1.82, 2.24) is 5.32 Å². The van der Waals surface area contributed by atoms with Crippen LogP contribution in [0.4, 0.5) is 0 Å². The van der Waals surface area contributed by atoms with E-state index in [0.717, 1.165) is 96.3 Å². The molecule has 0 aliphatic carbocycles. The number of rotatable bonds is 43. The second-order valence-corrected chi connectivity index (χ2v) is 17.0. The summed E-state index contributed by atoms with van der Waals surface area (Å²) in [6, 6.07) is -1.56. The van der Waals surface area contributed by atoms with E-state index >= 15 is 0 Å². The van der Waals surface area contributed by atoms with Gasteiger partial charge in [-0.1, -0.05) is 157 Å². The second kappa shape index (κ2) is 43.6. The Labute approximate surface area is 369 Å². The van der Waals surface area contributed by atoms with Crippen LogP contribution in [0, 0.1) is 0 Å². The van der Waals surface area contributed by atoms with Gasteiger partial charge in [-0.3, -0.25) is 18.6 Å². The molecule has 0 heterocycles. The predicted octanol–water partition coefficient (Wildman–Crippen LogP) is 12.5. The number of phosphoric acid groups is 1. The maximum atomic E-state index is 12.3. The molecule has 0 spiro atoms. The van der Waals surface area contributed by atoms with Crippen molar-refractivity contribution in [3.8, 4) is 0 Å². The van der Waals surface area contributed by atoms with E-state index in [9.17, 15) is 34.1 Å². The summed E-state index contributed by atoms with van der Waals surface area (Å²) in [6.45, 7) is 2.51. The van der Waals surface area contributed by atoms with E-state index in [0.29, 0.717) is 12.8 Å². The summed E-state index contributed by atoms with van der Waals surface area (Å²) in [5.41, 5.74) is 0. The predicted molar refractivity (Wildman–Crippen MR) is 249 cm³/mol. The Kier molecular flexibility index (Phi) is 41.4. The second-order valence-electron chi connectivity index (χ2n) is 15.6. The number of aliphatic hydroxyl groups excluding tert-OH is 1. The molecule has 0 bridgehead atoms. The van der Waals surface area contributed by atoms with Gasteiger partial charge in [0.1, 0.15) is 12.7 Å². The number of hydrogen-bond acceptors (Lipinski definition) is 8. The highest BCUT2D eigenvalue weighted by Crippen LogP contribution is 2.43. The fourth-order valence-electron chi connectivity index (χ4n) is 6.03. The van der Waals surface area contributed by atoms with Crippen LogP contribution >= 0.6 is 7.82 Å². The Bertz CT molecular complexity index is 1310. The van der Waals surface area contributed by atoms with Crippen molar-refractivity contribution in [3.05, 3.63) is 72.9 Å². The van der Waals surface area contributed by atoms with Crippen molar-refractivity contribution < 1.29 is 47.8 Å². The van der Waals surface area contributed by atoms with Gasteiger partial charge >= 0.3 is 19.8 Å². The molecule has 4 N–H and O–H groups in total. The van der Waals surface area contributed by atoms with Crippen molar-refractivity contribution in [2.75, 3.05) is 19.8 Å². The molecule has 0 saturated carbocycles. The largest absolute Gasteiger partial charge is 0.480 e. The molecule has 0 aliphatic rings. The Morgan fingerprint density at radius 2 is 0.902 bits per heavy atom. The maximum absolute atomic E-state index is 12.3. The van der Waals surface area contributed by atoms with Crippen LogP contribution in [0.3, 0.4) is 0 Å². The van der Waals surface area contributed by atoms with E-state index in [4.69, 9.17) is 13.8 Å². The van der Waals surface area contributed by atoms with E-state index in [1.165, 1.54) is 51.4 Å². The van der Waals surface area contributed by atoms with Crippen molar-refractivity contribution in [3.63, 3.8) is 0 Å². The van der Waals surface area contributed by atoms with Crippen LogP contribution in [-0.2, 0) is 32.7 Å². The topological polar surface area (TPSA) is 169 Å². The summed E-state index contributed by atoms with van der Waals surface area (Å²) in [6.07, 6.45) is 52.0. The molecule has 11 nitrogen and oxygen atoms in total.